The van der Waals surface area contributed by atoms with Gasteiger partial charge in [-0.05, 0) is 18.2 Å². The number of aliphatic carboxylic acids is 1. The second kappa shape index (κ2) is 7.07. The van der Waals surface area contributed by atoms with E-state index in [1.807, 2.05) is 36.4 Å². The van der Waals surface area contributed by atoms with E-state index < -0.39 is 5.97 Å². The van der Waals surface area contributed by atoms with Gasteiger partial charge in [0.2, 0.25) is 0 Å². The van der Waals surface area contributed by atoms with Gasteiger partial charge in [0.1, 0.15) is 0 Å². The molecule has 0 amide bonds. The highest BCUT2D eigenvalue weighted by Gasteiger charge is 2.06. The number of benzene rings is 1. The number of para-hydroxylation sites is 1. The molecule has 1 aromatic carbocycles. The number of hydrogen-bond acceptors (Lipinski definition) is 4. The first-order valence-corrected chi connectivity index (χ1v) is 7.11. The number of ether oxygens (including phenoxy) is 1. The first-order valence-electron chi connectivity index (χ1n) is 6.29. The summed E-state index contributed by atoms with van der Waals surface area (Å²) in [5.74, 6) is -0.795. The van der Waals surface area contributed by atoms with E-state index in [2.05, 4.69) is 5.32 Å². The van der Waals surface area contributed by atoms with Crippen LogP contribution < -0.4 is 5.32 Å². The average Bonchev–Trinajstić information content (AvgIpc) is 2.85. The largest absolute Gasteiger partial charge is 0.481 e. The minimum atomic E-state index is -0.795. The predicted molar refractivity (Wildman–Crippen MR) is 80.1 cm³/mol. The molecule has 0 fully saturated rings. The van der Waals surface area contributed by atoms with Crippen LogP contribution >= 0.6 is 11.3 Å². The summed E-state index contributed by atoms with van der Waals surface area (Å²) in [4.78, 5) is 12.6. The zero-order valence-electron chi connectivity index (χ0n) is 11.3. The van der Waals surface area contributed by atoms with Gasteiger partial charge in [0.05, 0.1) is 13.0 Å². The van der Waals surface area contributed by atoms with Gasteiger partial charge in [0, 0.05) is 34.7 Å². The standard InChI is InChI=1S/C15H17NO3S/c1-19-10-11-4-2-3-5-14(11)16-9-13-7-6-12(20-13)8-15(17)18/h2-7,16H,8-10H2,1H3,(H,17,18). The van der Waals surface area contributed by atoms with E-state index in [1.54, 1.807) is 7.11 Å². The van der Waals surface area contributed by atoms with Gasteiger partial charge in [-0.15, -0.1) is 11.3 Å². The van der Waals surface area contributed by atoms with Gasteiger partial charge in [0.25, 0.3) is 0 Å². The zero-order chi connectivity index (χ0) is 14.4. The molecule has 0 saturated heterocycles. The molecule has 0 aliphatic rings. The van der Waals surface area contributed by atoms with Crippen molar-refractivity contribution in [3.63, 3.8) is 0 Å². The van der Waals surface area contributed by atoms with E-state index in [0.29, 0.717) is 13.2 Å². The molecule has 4 nitrogen and oxygen atoms in total. The summed E-state index contributed by atoms with van der Waals surface area (Å²) in [6, 6.07) is 11.8. The molecule has 0 aliphatic carbocycles. The fourth-order valence-electron chi connectivity index (χ4n) is 1.92. The SMILES string of the molecule is COCc1ccccc1NCc1ccc(CC(=O)O)s1. The molecule has 2 rings (SSSR count). The number of methoxy groups -OCH3 is 1. The van der Waals surface area contributed by atoms with Gasteiger partial charge in [-0.1, -0.05) is 18.2 Å². The van der Waals surface area contributed by atoms with Gasteiger partial charge < -0.3 is 15.2 Å². The van der Waals surface area contributed by atoms with E-state index in [9.17, 15) is 4.79 Å². The maximum Gasteiger partial charge on any atom is 0.308 e. The molecule has 0 saturated carbocycles. The highest BCUT2D eigenvalue weighted by atomic mass is 32.1. The first-order chi connectivity index (χ1) is 9.69. The monoisotopic (exact) mass is 291 g/mol. The van der Waals surface area contributed by atoms with Crippen molar-refractivity contribution in [1.82, 2.24) is 0 Å². The van der Waals surface area contributed by atoms with Gasteiger partial charge >= 0.3 is 5.97 Å². The Morgan fingerprint density at radius 2 is 2.00 bits per heavy atom. The minimum absolute atomic E-state index is 0.0882. The number of hydrogen-bond donors (Lipinski definition) is 2. The van der Waals surface area contributed by atoms with Crippen molar-refractivity contribution < 1.29 is 14.6 Å². The second-order valence-electron chi connectivity index (χ2n) is 4.38. The Morgan fingerprint density at radius 1 is 1.25 bits per heavy atom. The summed E-state index contributed by atoms with van der Waals surface area (Å²) in [5.41, 5.74) is 2.15. The first kappa shape index (κ1) is 14.6. The minimum Gasteiger partial charge on any atom is -0.481 e. The predicted octanol–water partition coefficient (Wildman–Crippen LogP) is 3.13. The Kier molecular flexibility index (Phi) is 5.15. The lowest BCUT2D eigenvalue weighted by Gasteiger charge is -2.10. The van der Waals surface area contributed by atoms with Crippen LogP contribution in [-0.2, 0) is 29.1 Å². The van der Waals surface area contributed by atoms with Crippen LogP contribution in [0.1, 0.15) is 15.3 Å². The van der Waals surface area contributed by atoms with Gasteiger partial charge in [-0.2, -0.15) is 0 Å². The topological polar surface area (TPSA) is 58.6 Å². The quantitative estimate of drug-likeness (QED) is 0.823. The molecule has 1 heterocycles. The van der Waals surface area contributed by atoms with Crippen LogP contribution in [0.5, 0.6) is 0 Å². The van der Waals surface area contributed by atoms with Crippen molar-refractivity contribution in [1.29, 1.82) is 0 Å². The number of rotatable bonds is 7. The highest BCUT2D eigenvalue weighted by molar-refractivity contribution is 7.12. The third kappa shape index (κ3) is 4.08. The van der Waals surface area contributed by atoms with Crippen LogP contribution in [0.15, 0.2) is 36.4 Å². The fraction of sp³-hybridized carbons (Fsp3) is 0.267. The molecule has 2 N–H and O–H groups in total. The van der Waals surface area contributed by atoms with Crippen molar-refractivity contribution in [2.75, 3.05) is 12.4 Å². The van der Waals surface area contributed by atoms with Crippen LogP contribution in [0.4, 0.5) is 5.69 Å². The molecular weight excluding hydrogens is 274 g/mol. The maximum atomic E-state index is 10.7. The number of thiophene rings is 1. The summed E-state index contributed by atoms with van der Waals surface area (Å²) < 4.78 is 5.17. The Labute approximate surface area is 122 Å². The molecule has 5 heteroatoms. The zero-order valence-corrected chi connectivity index (χ0v) is 12.1. The van der Waals surface area contributed by atoms with E-state index in [0.717, 1.165) is 21.0 Å². The number of nitrogens with one attached hydrogen (secondary N) is 1. The average molecular weight is 291 g/mol. The number of carboxylic acid groups (broad SMARTS) is 1. The van der Waals surface area contributed by atoms with E-state index in [4.69, 9.17) is 9.84 Å². The maximum absolute atomic E-state index is 10.7. The van der Waals surface area contributed by atoms with Crippen LogP contribution in [0.2, 0.25) is 0 Å². The third-order valence-electron chi connectivity index (χ3n) is 2.81. The third-order valence-corrected chi connectivity index (χ3v) is 3.90. The van der Waals surface area contributed by atoms with Crippen molar-refractivity contribution >= 4 is 23.0 Å². The summed E-state index contributed by atoms with van der Waals surface area (Å²) in [6.07, 6.45) is 0.0882. The molecule has 0 radical (unpaired) electrons. The van der Waals surface area contributed by atoms with Crippen LogP contribution in [0.25, 0.3) is 0 Å². The van der Waals surface area contributed by atoms with Crippen molar-refractivity contribution in [3.05, 3.63) is 51.7 Å². The van der Waals surface area contributed by atoms with Crippen molar-refractivity contribution in [2.45, 2.75) is 19.6 Å². The lowest BCUT2D eigenvalue weighted by molar-refractivity contribution is -0.136. The molecule has 2 aromatic rings. The highest BCUT2D eigenvalue weighted by Crippen LogP contribution is 2.21. The summed E-state index contributed by atoms with van der Waals surface area (Å²) in [6.45, 7) is 1.25. The lowest BCUT2D eigenvalue weighted by Crippen LogP contribution is -2.01. The Morgan fingerprint density at radius 3 is 2.75 bits per heavy atom. The van der Waals surface area contributed by atoms with Crippen molar-refractivity contribution in [2.24, 2.45) is 0 Å². The normalized spacial score (nSPS) is 10.4. The van der Waals surface area contributed by atoms with Gasteiger partial charge in [-0.25, -0.2) is 0 Å². The fourth-order valence-corrected chi connectivity index (χ4v) is 2.87. The van der Waals surface area contributed by atoms with Crippen LogP contribution in [0, 0.1) is 0 Å². The molecule has 0 atom stereocenters. The number of anilines is 1. The smallest absolute Gasteiger partial charge is 0.308 e. The molecule has 0 bridgehead atoms. The molecule has 1 aromatic heterocycles. The van der Waals surface area contributed by atoms with Gasteiger partial charge in [0.15, 0.2) is 0 Å². The van der Waals surface area contributed by atoms with E-state index >= 15 is 0 Å². The Balaban J connectivity index is 1.98. The second-order valence-corrected chi connectivity index (χ2v) is 5.64. The Hall–Kier alpha value is -1.85. The lowest BCUT2D eigenvalue weighted by atomic mass is 10.2. The Bertz CT molecular complexity index is 580. The van der Waals surface area contributed by atoms with Crippen LogP contribution in [0.3, 0.4) is 0 Å². The summed E-state index contributed by atoms with van der Waals surface area (Å²) in [5, 5.41) is 12.1. The molecule has 106 valence electrons. The van der Waals surface area contributed by atoms with E-state index in [1.165, 1.54) is 11.3 Å². The number of carbonyl (C=O) groups is 1. The molecule has 0 aliphatic heterocycles. The molecule has 20 heavy (non-hydrogen) atoms. The summed E-state index contributed by atoms with van der Waals surface area (Å²) in [7, 11) is 1.67. The van der Waals surface area contributed by atoms with Crippen LogP contribution in [-0.4, -0.2) is 18.2 Å². The van der Waals surface area contributed by atoms with Crippen molar-refractivity contribution in [3.8, 4) is 0 Å². The number of carboxylic acids is 1. The van der Waals surface area contributed by atoms with Gasteiger partial charge in [-0.3, -0.25) is 4.79 Å². The molecule has 0 spiro atoms. The summed E-state index contributed by atoms with van der Waals surface area (Å²) >= 11 is 1.53. The molecular formula is C15H17NO3S. The molecule has 0 unspecified atom stereocenters. The van der Waals surface area contributed by atoms with E-state index in [-0.39, 0.29) is 6.42 Å².